The van der Waals surface area contributed by atoms with Crippen LogP contribution in [0.1, 0.15) is 32.8 Å². The molecule has 2 rings (SSSR count). The molecule has 0 aliphatic heterocycles. The molecule has 1 aromatic heterocycles. The molecule has 0 aliphatic rings. The lowest BCUT2D eigenvalue weighted by molar-refractivity contribution is -0.141. The molecule has 1 aromatic carbocycles. The topological polar surface area (TPSA) is 51.2 Å². The zero-order chi connectivity index (χ0) is 17.7. The van der Waals surface area contributed by atoms with Crippen LogP contribution in [-0.2, 0) is 14.9 Å². The second-order valence-corrected chi connectivity index (χ2v) is 7.83. The molecule has 5 heteroatoms. The monoisotopic (exact) mass is 346 g/mol. The number of methoxy groups -OCH3 is 1. The summed E-state index contributed by atoms with van der Waals surface area (Å²) in [6.07, 6.45) is 4.50. The summed E-state index contributed by atoms with van der Waals surface area (Å²) in [7, 11) is 1.42. The average molecular weight is 346 g/mol. The van der Waals surface area contributed by atoms with Gasteiger partial charge in [-0.2, -0.15) is 11.8 Å². The van der Waals surface area contributed by atoms with Gasteiger partial charge in [-0.3, -0.25) is 0 Å². The third kappa shape index (κ3) is 4.41. The number of carbonyl (C=O) groups excluding carboxylic acids is 1. The lowest BCUT2D eigenvalue weighted by atomic mass is 9.86. The Kier molecular flexibility index (Phi) is 6.10. The molecule has 0 bridgehead atoms. The molecule has 1 heterocycles. The van der Waals surface area contributed by atoms with Crippen molar-refractivity contribution in [3.63, 3.8) is 0 Å². The van der Waals surface area contributed by atoms with Crippen molar-refractivity contribution in [2.24, 2.45) is 0 Å². The number of benzene rings is 1. The van der Waals surface area contributed by atoms with Crippen LogP contribution < -0.4 is 5.32 Å². The van der Waals surface area contributed by atoms with Crippen molar-refractivity contribution < 1.29 is 9.53 Å². The van der Waals surface area contributed by atoms with Crippen LogP contribution in [0.15, 0.2) is 30.5 Å². The Balaban J connectivity index is 2.40. The summed E-state index contributed by atoms with van der Waals surface area (Å²) >= 11 is 1.71. The average Bonchev–Trinajstić information content (AvgIpc) is 2.56. The minimum absolute atomic E-state index is 0.0574. The Morgan fingerprint density at radius 1 is 1.33 bits per heavy atom. The van der Waals surface area contributed by atoms with Crippen molar-refractivity contribution in [1.29, 1.82) is 0 Å². The number of rotatable bonds is 6. The van der Waals surface area contributed by atoms with Crippen molar-refractivity contribution in [2.45, 2.75) is 38.6 Å². The van der Waals surface area contributed by atoms with E-state index in [-0.39, 0.29) is 17.4 Å². The van der Waals surface area contributed by atoms with Crippen LogP contribution in [0.2, 0.25) is 0 Å². The number of ether oxygens (including phenoxy) is 1. The highest BCUT2D eigenvalue weighted by molar-refractivity contribution is 7.98. The molecular weight excluding hydrogens is 320 g/mol. The number of anilines is 1. The van der Waals surface area contributed by atoms with E-state index in [4.69, 9.17) is 4.74 Å². The smallest absolute Gasteiger partial charge is 0.328 e. The van der Waals surface area contributed by atoms with Crippen LogP contribution in [0.25, 0.3) is 10.8 Å². The first-order valence-electron chi connectivity index (χ1n) is 8.09. The van der Waals surface area contributed by atoms with Gasteiger partial charge in [-0.05, 0) is 46.9 Å². The van der Waals surface area contributed by atoms with Crippen LogP contribution >= 0.6 is 11.8 Å². The second-order valence-electron chi connectivity index (χ2n) is 6.85. The SMILES string of the molecule is COC(=O)C(CCSC)Nc1nccc2ccc(C(C)(C)C)cc12. The maximum atomic E-state index is 12.1. The minimum Gasteiger partial charge on any atom is -0.467 e. The highest BCUT2D eigenvalue weighted by atomic mass is 32.2. The highest BCUT2D eigenvalue weighted by Crippen LogP contribution is 2.29. The lowest BCUT2D eigenvalue weighted by Gasteiger charge is -2.21. The Bertz CT molecular complexity index is 710. The van der Waals surface area contributed by atoms with E-state index in [2.05, 4.69) is 49.3 Å². The number of nitrogens with one attached hydrogen (secondary N) is 1. The van der Waals surface area contributed by atoms with Gasteiger partial charge in [0.15, 0.2) is 0 Å². The fourth-order valence-corrected chi connectivity index (χ4v) is 3.01. The van der Waals surface area contributed by atoms with Crippen LogP contribution in [0.5, 0.6) is 0 Å². The third-order valence-corrected chi connectivity index (χ3v) is 4.68. The summed E-state index contributed by atoms with van der Waals surface area (Å²) in [5.41, 5.74) is 1.30. The Morgan fingerprint density at radius 3 is 2.71 bits per heavy atom. The maximum absolute atomic E-state index is 12.1. The molecule has 4 nitrogen and oxygen atoms in total. The van der Waals surface area contributed by atoms with Gasteiger partial charge >= 0.3 is 5.97 Å². The molecular formula is C19H26N2O2S. The summed E-state index contributed by atoms with van der Waals surface area (Å²) in [5, 5.41) is 5.42. The Labute approximate surface area is 148 Å². The normalized spacial score (nSPS) is 12.9. The van der Waals surface area contributed by atoms with Gasteiger partial charge in [0.2, 0.25) is 0 Å². The van der Waals surface area contributed by atoms with Gasteiger partial charge < -0.3 is 10.1 Å². The molecule has 0 spiro atoms. The van der Waals surface area contributed by atoms with E-state index in [0.717, 1.165) is 22.3 Å². The molecule has 0 fully saturated rings. The molecule has 130 valence electrons. The maximum Gasteiger partial charge on any atom is 0.328 e. The standard InChI is InChI=1S/C19H26N2O2S/c1-19(2,3)14-7-6-13-8-10-20-17(15(13)12-14)21-16(9-11-24-5)18(22)23-4/h6-8,10,12,16H,9,11H2,1-5H3,(H,20,21). The summed E-state index contributed by atoms with van der Waals surface area (Å²) in [5.74, 6) is 1.36. The van der Waals surface area contributed by atoms with Crippen molar-refractivity contribution in [3.8, 4) is 0 Å². The largest absolute Gasteiger partial charge is 0.467 e. The van der Waals surface area contributed by atoms with E-state index in [0.29, 0.717) is 6.42 Å². The van der Waals surface area contributed by atoms with Crippen LogP contribution in [0.4, 0.5) is 5.82 Å². The number of fused-ring (bicyclic) bond motifs is 1. The molecule has 0 radical (unpaired) electrons. The predicted molar refractivity (Wildman–Crippen MR) is 103 cm³/mol. The number of pyridine rings is 1. The fourth-order valence-electron chi connectivity index (χ4n) is 2.54. The zero-order valence-corrected chi connectivity index (χ0v) is 15.9. The van der Waals surface area contributed by atoms with E-state index in [9.17, 15) is 4.79 Å². The van der Waals surface area contributed by atoms with Crippen LogP contribution in [-0.4, -0.2) is 36.1 Å². The number of nitrogens with zero attached hydrogens (tertiary/aromatic N) is 1. The zero-order valence-electron chi connectivity index (χ0n) is 15.1. The van der Waals surface area contributed by atoms with Gasteiger partial charge in [-0.1, -0.05) is 32.9 Å². The number of carbonyl (C=O) groups is 1. The van der Waals surface area contributed by atoms with E-state index in [1.807, 2.05) is 12.3 Å². The highest BCUT2D eigenvalue weighted by Gasteiger charge is 2.21. The fraction of sp³-hybridized carbons (Fsp3) is 0.474. The molecule has 0 aliphatic carbocycles. The van der Waals surface area contributed by atoms with Gasteiger partial charge in [-0.25, -0.2) is 9.78 Å². The molecule has 1 unspecified atom stereocenters. The van der Waals surface area contributed by atoms with E-state index >= 15 is 0 Å². The van der Waals surface area contributed by atoms with Crippen LogP contribution in [0.3, 0.4) is 0 Å². The molecule has 1 atom stereocenters. The van der Waals surface area contributed by atoms with Crippen molar-refractivity contribution in [3.05, 3.63) is 36.0 Å². The summed E-state index contributed by atoms with van der Waals surface area (Å²) < 4.78 is 4.93. The summed E-state index contributed by atoms with van der Waals surface area (Å²) in [4.78, 5) is 16.5. The number of esters is 1. The molecule has 2 aromatic rings. The number of hydrogen-bond acceptors (Lipinski definition) is 5. The van der Waals surface area contributed by atoms with Gasteiger partial charge in [0.1, 0.15) is 11.9 Å². The first kappa shape index (κ1) is 18.6. The Morgan fingerprint density at radius 2 is 2.08 bits per heavy atom. The first-order valence-corrected chi connectivity index (χ1v) is 9.48. The summed E-state index contributed by atoms with van der Waals surface area (Å²) in [6, 6.07) is 8.02. The van der Waals surface area contributed by atoms with E-state index < -0.39 is 0 Å². The van der Waals surface area contributed by atoms with Crippen LogP contribution in [0, 0.1) is 0 Å². The van der Waals surface area contributed by atoms with Crippen molar-refractivity contribution in [1.82, 2.24) is 4.98 Å². The molecule has 0 saturated heterocycles. The van der Waals surface area contributed by atoms with E-state index in [1.54, 1.807) is 18.0 Å². The first-order chi connectivity index (χ1) is 11.4. The van der Waals surface area contributed by atoms with Gasteiger partial charge in [0, 0.05) is 11.6 Å². The van der Waals surface area contributed by atoms with Gasteiger partial charge in [0.25, 0.3) is 0 Å². The molecule has 1 N–H and O–H groups in total. The molecule has 0 amide bonds. The van der Waals surface area contributed by atoms with Crippen molar-refractivity contribution in [2.75, 3.05) is 24.4 Å². The lowest BCUT2D eigenvalue weighted by Crippen LogP contribution is -2.31. The predicted octanol–water partition coefficient (Wildman–Crippen LogP) is 4.24. The number of thioether (sulfide) groups is 1. The quantitative estimate of drug-likeness (QED) is 0.793. The third-order valence-electron chi connectivity index (χ3n) is 4.04. The van der Waals surface area contributed by atoms with Crippen molar-refractivity contribution >= 4 is 34.3 Å². The van der Waals surface area contributed by atoms with Gasteiger partial charge in [0.05, 0.1) is 7.11 Å². The second kappa shape index (κ2) is 7.88. The minimum atomic E-state index is -0.390. The molecule has 24 heavy (non-hydrogen) atoms. The number of hydrogen-bond donors (Lipinski definition) is 1. The summed E-state index contributed by atoms with van der Waals surface area (Å²) in [6.45, 7) is 6.56. The number of aromatic nitrogens is 1. The molecule has 0 saturated carbocycles. The van der Waals surface area contributed by atoms with E-state index in [1.165, 1.54) is 12.7 Å². The Hall–Kier alpha value is -1.75. The van der Waals surface area contributed by atoms with Gasteiger partial charge in [-0.15, -0.1) is 0 Å².